The molecule has 6 nitrogen and oxygen atoms in total. The van der Waals surface area contributed by atoms with Gasteiger partial charge in [-0.2, -0.15) is 18.3 Å². The Balaban J connectivity index is 1.78. The molecule has 1 saturated heterocycles. The Morgan fingerprint density at radius 3 is 2.57 bits per heavy atom. The van der Waals surface area contributed by atoms with E-state index in [1.165, 1.54) is 17.4 Å². The lowest BCUT2D eigenvalue weighted by atomic mass is 10.2. The number of halogens is 3. The van der Waals surface area contributed by atoms with Crippen molar-refractivity contribution in [3.63, 3.8) is 0 Å². The van der Waals surface area contributed by atoms with Crippen LogP contribution in [0.3, 0.4) is 0 Å². The summed E-state index contributed by atoms with van der Waals surface area (Å²) in [5.41, 5.74) is -0.857. The van der Waals surface area contributed by atoms with Gasteiger partial charge in [-0.3, -0.25) is 4.79 Å². The molecule has 1 aliphatic rings. The molecule has 0 aromatic carbocycles. The molecular formula is C18H17F3N4O2S. The molecule has 10 heteroatoms. The highest BCUT2D eigenvalue weighted by atomic mass is 32.1. The third-order valence-electron chi connectivity index (χ3n) is 4.42. The van der Waals surface area contributed by atoms with Gasteiger partial charge in [-0.15, -0.1) is 11.3 Å². The molecule has 3 aromatic heterocycles. The highest BCUT2D eigenvalue weighted by Gasteiger charge is 2.36. The van der Waals surface area contributed by atoms with Gasteiger partial charge in [-0.05, 0) is 31.4 Å². The summed E-state index contributed by atoms with van der Waals surface area (Å²) >= 11 is 1.29. The lowest BCUT2D eigenvalue weighted by Gasteiger charge is -2.34. The highest BCUT2D eigenvalue weighted by molar-refractivity contribution is 7.13. The summed E-state index contributed by atoms with van der Waals surface area (Å²) in [4.78, 5) is 19.3. The van der Waals surface area contributed by atoms with Crippen LogP contribution in [-0.4, -0.2) is 50.7 Å². The van der Waals surface area contributed by atoms with Crippen molar-refractivity contribution < 1.29 is 22.7 Å². The Hall–Kier alpha value is -2.46. The first-order valence-electron chi connectivity index (χ1n) is 8.69. The molecule has 1 fully saturated rings. The topological polar surface area (TPSA) is 59.7 Å². The molecule has 0 bridgehead atoms. The van der Waals surface area contributed by atoms with E-state index >= 15 is 0 Å². The van der Waals surface area contributed by atoms with E-state index in [0.717, 1.165) is 6.07 Å². The van der Waals surface area contributed by atoms with Crippen molar-refractivity contribution in [2.45, 2.75) is 32.2 Å². The quantitative estimate of drug-likeness (QED) is 0.646. The summed E-state index contributed by atoms with van der Waals surface area (Å²) in [7, 11) is 0. The van der Waals surface area contributed by atoms with Crippen molar-refractivity contribution in [3.05, 3.63) is 41.0 Å². The van der Waals surface area contributed by atoms with Crippen LogP contribution in [0.25, 0.3) is 16.2 Å². The monoisotopic (exact) mass is 410 g/mol. The number of fused-ring (bicyclic) bond motifs is 1. The van der Waals surface area contributed by atoms with Crippen LogP contribution in [0.5, 0.6) is 0 Å². The molecule has 28 heavy (non-hydrogen) atoms. The molecule has 2 atom stereocenters. The van der Waals surface area contributed by atoms with Gasteiger partial charge in [0.2, 0.25) is 0 Å². The second-order valence-electron chi connectivity index (χ2n) is 6.77. The van der Waals surface area contributed by atoms with E-state index in [9.17, 15) is 18.0 Å². The third kappa shape index (κ3) is 3.49. The highest BCUT2D eigenvalue weighted by Crippen LogP contribution is 2.33. The largest absolute Gasteiger partial charge is 0.433 e. The molecule has 1 amide bonds. The van der Waals surface area contributed by atoms with Crippen LogP contribution >= 0.6 is 11.3 Å². The Bertz CT molecular complexity index is 1010. The molecular weight excluding hydrogens is 393 g/mol. The fraction of sp³-hybridized carbons (Fsp3) is 0.389. The molecule has 4 heterocycles. The van der Waals surface area contributed by atoms with E-state index in [0.29, 0.717) is 22.5 Å². The maximum Gasteiger partial charge on any atom is 0.433 e. The van der Waals surface area contributed by atoms with Crippen molar-refractivity contribution in [1.82, 2.24) is 19.5 Å². The van der Waals surface area contributed by atoms with Crippen LogP contribution in [-0.2, 0) is 10.9 Å². The lowest BCUT2D eigenvalue weighted by Crippen LogP contribution is -2.48. The fourth-order valence-electron chi connectivity index (χ4n) is 3.34. The number of morpholine rings is 1. The molecule has 0 radical (unpaired) electrons. The summed E-state index contributed by atoms with van der Waals surface area (Å²) in [5.74, 6) is -0.432. The van der Waals surface area contributed by atoms with E-state index in [4.69, 9.17) is 4.74 Å². The molecule has 0 saturated carbocycles. The minimum absolute atomic E-state index is 0.0177. The zero-order valence-electron chi connectivity index (χ0n) is 15.1. The van der Waals surface area contributed by atoms with Crippen molar-refractivity contribution in [3.8, 4) is 10.6 Å². The Morgan fingerprint density at radius 1 is 1.25 bits per heavy atom. The van der Waals surface area contributed by atoms with Gasteiger partial charge >= 0.3 is 6.18 Å². The van der Waals surface area contributed by atoms with Gasteiger partial charge in [0, 0.05) is 19.2 Å². The second-order valence-corrected chi connectivity index (χ2v) is 7.72. The maximum atomic E-state index is 13.6. The van der Waals surface area contributed by atoms with Crippen LogP contribution < -0.4 is 0 Å². The fourth-order valence-corrected chi connectivity index (χ4v) is 4.02. The second kappa shape index (κ2) is 6.85. The van der Waals surface area contributed by atoms with Crippen LogP contribution in [0.2, 0.25) is 0 Å². The molecule has 0 unspecified atom stereocenters. The molecule has 0 spiro atoms. The maximum absolute atomic E-state index is 13.6. The van der Waals surface area contributed by atoms with E-state index < -0.39 is 17.8 Å². The number of carbonyl (C=O) groups excluding carboxylic acids is 1. The van der Waals surface area contributed by atoms with E-state index in [2.05, 4.69) is 10.1 Å². The molecule has 1 aliphatic heterocycles. The first-order chi connectivity index (χ1) is 13.2. The minimum Gasteiger partial charge on any atom is -0.372 e. The van der Waals surface area contributed by atoms with Gasteiger partial charge in [0.05, 0.1) is 22.8 Å². The Labute approximate surface area is 162 Å². The third-order valence-corrected chi connectivity index (χ3v) is 5.31. The van der Waals surface area contributed by atoms with Crippen molar-refractivity contribution in [1.29, 1.82) is 0 Å². The van der Waals surface area contributed by atoms with Crippen LogP contribution in [0.4, 0.5) is 13.2 Å². The standard InChI is InChI=1S/C18H17F3N4O2S/c1-10-8-24(9-11(2)27-10)17(26)13-7-16-22-12(14-4-3-5-28-14)6-15(18(19,20)21)25(16)23-13/h3-7,10-11H,8-9H2,1-2H3/t10-,11-/m1/s1. The van der Waals surface area contributed by atoms with Crippen LogP contribution in [0, 0.1) is 0 Å². The van der Waals surface area contributed by atoms with E-state index in [-0.39, 0.29) is 29.2 Å². The number of hydrogen-bond acceptors (Lipinski definition) is 5. The van der Waals surface area contributed by atoms with Crippen molar-refractivity contribution in [2.75, 3.05) is 13.1 Å². The average Bonchev–Trinajstić information content (AvgIpc) is 3.27. The zero-order chi connectivity index (χ0) is 20.1. The Kier molecular flexibility index (Phi) is 4.62. The predicted molar refractivity (Wildman–Crippen MR) is 97.2 cm³/mol. The number of ether oxygens (including phenoxy) is 1. The molecule has 0 aliphatic carbocycles. The van der Waals surface area contributed by atoms with Crippen molar-refractivity contribution in [2.24, 2.45) is 0 Å². The molecule has 3 aromatic rings. The van der Waals surface area contributed by atoms with Gasteiger partial charge in [0.1, 0.15) is 0 Å². The number of hydrogen-bond donors (Lipinski definition) is 0. The predicted octanol–water partition coefficient (Wildman–Crippen LogP) is 3.73. The smallest absolute Gasteiger partial charge is 0.372 e. The van der Waals surface area contributed by atoms with Gasteiger partial charge in [0.25, 0.3) is 5.91 Å². The molecule has 0 N–H and O–H groups in total. The summed E-state index contributed by atoms with van der Waals surface area (Å²) < 4.78 is 47.1. The van der Waals surface area contributed by atoms with Crippen molar-refractivity contribution >= 4 is 22.9 Å². The number of rotatable bonds is 2. The SMILES string of the molecule is C[C@@H]1CN(C(=O)c2cc3nc(-c4cccs4)cc(C(F)(F)F)n3n2)C[C@@H](C)O1. The van der Waals surface area contributed by atoms with E-state index in [1.54, 1.807) is 22.4 Å². The van der Waals surface area contributed by atoms with Crippen LogP contribution in [0.1, 0.15) is 30.0 Å². The van der Waals surface area contributed by atoms with Gasteiger partial charge in [0.15, 0.2) is 17.0 Å². The number of carbonyl (C=O) groups is 1. The first-order valence-corrected chi connectivity index (χ1v) is 9.57. The minimum atomic E-state index is -4.64. The number of aromatic nitrogens is 3. The lowest BCUT2D eigenvalue weighted by molar-refractivity contribution is -0.142. The van der Waals surface area contributed by atoms with Crippen LogP contribution in [0.15, 0.2) is 29.6 Å². The summed E-state index contributed by atoms with van der Waals surface area (Å²) in [6.07, 6.45) is -4.94. The first kappa shape index (κ1) is 18.9. The summed E-state index contributed by atoms with van der Waals surface area (Å²) in [6, 6.07) is 5.70. The average molecular weight is 410 g/mol. The number of alkyl halides is 3. The number of thiophene rings is 1. The molecule has 148 valence electrons. The van der Waals surface area contributed by atoms with Gasteiger partial charge in [-0.1, -0.05) is 6.07 Å². The number of amides is 1. The summed E-state index contributed by atoms with van der Waals surface area (Å²) in [6.45, 7) is 4.40. The summed E-state index contributed by atoms with van der Waals surface area (Å²) in [5, 5.41) is 5.70. The van der Waals surface area contributed by atoms with Gasteiger partial charge in [-0.25, -0.2) is 9.50 Å². The normalized spacial score (nSPS) is 20.7. The Morgan fingerprint density at radius 2 is 1.96 bits per heavy atom. The van der Waals surface area contributed by atoms with E-state index in [1.807, 2.05) is 13.8 Å². The zero-order valence-corrected chi connectivity index (χ0v) is 15.9. The van der Waals surface area contributed by atoms with Gasteiger partial charge < -0.3 is 9.64 Å². The molecule has 4 rings (SSSR count). The number of nitrogens with zero attached hydrogens (tertiary/aromatic N) is 4.